The number of carbonyl (C=O) groups is 1. The smallest absolute Gasteiger partial charge is 0.224 e. The summed E-state index contributed by atoms with van der Waals surface area (Å²) in [5.74, 6) is 0. The molecule has 128 valence electrons. The maximum Gasteiger partial charge on any atom is 0.224 e. The second-order valence-corrected chi connectivity index (χ2v) is 7.48. The molecule has 2 aromatic carbocycles. The van der Waals surface area contributed by atoms with E-state index in [-0.39, 0.29) is 5.12 Å². The van der Waals surface area contributed by atoms with Crippen LogP contribution in [0.15, 0.2) is 88.9 Å². The minimum Gasteiger partial charge on any atom is -0.281 e. The van der Waals surface area contributed by atoms with Gasteiger partial charge in [0.25, 0.3) is 0 Å². The van der Waals surface area contributed by atoms with Crippen molar-refractivity contribution in [3.63, 3.8) is 0 Å². The lowest BCUT2D eigenvalue weighted by Gasteiger charge is -2.04. The Bertz CT molecular complexity index is 1060. The summed E-state index contributed by atoms with van der Waals surface area (Å²) in [5, 5.41) is 5.44. The fourth-order valence-electron chi connectivity index (χ4n) is 2.76. The molecule has 2 aromatic heterocycles. The summed E-state index contributed by atoms with van der Waals surface area (Å²) in [6, 6.07) is 23.8. The van der Waals surface area contributed by atoms with Crippen LogP contribution in [0.3, 0.4) is 0 Å². The second-order valence-electron chi connectivity index (χ2n) is 5.70. The van der Waals surface area contributed by atoms with Crippen molar-refractivity contribution in [3.8, 4) is 11.1 Å². The van der Waals surface area contributed by atoms with Crippen LogP contribution in [0.1, 0.15) is 10.4 Å². The van der Waals surface area contributed by atoms with E-state index in [1.165, 1.54) is 11.8 Å². The highest BCUT2D eigenvalue weighted by atomic mass is 32.2. The number of hydrogen-bond acceptors (Lipinski definition) is 4. The molecule has 4 rings (SSSR count). The zero-order valence-corrected chi connectivity index (χ0v) is 15.8. The van der Waals surface area contributed by atoms with Gasteiger partial charge in [-0.05, 0) is 53.4 Å². The van der Waals surface area contributed by atoms with Gasteiger partial charge in [-0.25, -0.2) is 4.52 Å². The van der Waals surface area contributed by atoms with Crippen molar-refractivity contribution in [3.05, 3.63) is 84.6 Å². The lowest BCUT2D eigenvalue weighted by atomic mass is 10.0. The van der Waals surface area contributed by atoms with E-state index in [2.05, 4.69) is 17.2 Å². The fourth-order valence-corrected chi connectivity index (χ4v) is 4.43. The second kappa shape index (κ2) is 7.40. The van der Waals surface area contributed by atoms with E-state index in [9.17, 15) is 4.79 Å². The van der Waals surface area contributed by atoms with Crippen LogP contribution in [0.25, 0.3) is 16.6 Å². The quantitative estimate of drug-likeness (QED) is 0.431. The van der Waals surface area contributed by atoms with Crippen LogP contribution >= 0.6 is 23.5 Å². The lowest BCUT2D eigenvalue weighted by molar-refractivity contribution is 0.108. The van der Waals surface area contributed by atoms with Gasteiger partial charge in [-0.15, -0.1) is 11.8 Å². The summed E-state index contributed by atoms with van der Waals surface area (Å²) >= 11 is 2.80. The Morgan fingerprint density at radius 1 is 0.885 bits per heavy atom. The van der Waals surface area contributed by atoms with E-state index in [0.29, 0.717) is 5.56 Å². The van der Waals surface area contributed by atoms with Crippen LogP contribution < -0.4 is 0 Å². The van der Waals surface area contributed by atoms with Crippen LogP contribution in [-0.4, -0.2) is 21.0 Å². The Morgan fingerprint density at radius 3 is 2.31 bits per heavy atom. The number of benzene rings is 2. The van der Waals surface area contributed by atoms with E-state index in [1.807, 2.05) is 77.6 Å². The molecule has 0 amide bonds. The first kappa shape index (κ1) is 16.9. The van der Waals surface area contributed by atoms with Gasteiger partial charge in [0, 0.05) is 11.8 Å². The van der Waals surface area contributed by atoms with Gasteiger partial charge in [-0.2, -0.15) is 5.10 Å². The Morgan fingerprint density at radius 2 is 1.58 bits per heavy atom. The number of pyridine rings is 1. The average Bonchev–Trinajstić information content (AvgIpc) is 3.06. The molecule has 2 heterocycles. The molecule has 4 aromatic rings. The summed E-state index contributed by atoms with van der Waals surface area (Å²) in [5.41, 5.74) is 3.90. The molecule has 0 aliphatic carbocycles. The Hall–Kier alpha value is -2.50. The lowest BCUT2D eigenvalue weighted by Crippen LogP contribution is -1.93. The first-order chi connectivity index (χ1) is 12.8. The first-order valence-electron chi connectivity index (χ1n) is 8.15. The van der Waals surface area contributed by atoms with Crippen LogP contribution in [0.2, 0.25) is 0 Å². The third kappa shape index (κ3) is 3.28. The maximum atomic E-state index is 12.8. The van der Waals surface area contributed by atoms with Gasteiger partial charge in [-0.3, -0.25) is 4.79 Å². The zero-order chi connectivity index (χ0) is 17.9. The summed E-state index contributed by atoms with van der Waals surface area (Å²) < 4.78 is 1.82. The monoisotopic (exact) mass is 376 g/mol. The van der Waals surface area contributed by atoms with E-state index in [1.54, 1.807) is 11.8 Å². The van der Waals surface area contributed by atoms with Gasteiger partial charge >= 0.3 is 0 Å². The number of fused-ring (bicyclic) bond motifs is 1. The van der Waals surface area contributed by atoms with Gasteiger partial charge < -0.3 is 0 Å². The van der Waals surface area contributed by atoms with Crippen molar-refractivity contribution in [1.29, 1.82) is 0 Å². The molecule has 0 N–H and O–H groups in total. The summed E-state index contributed by atoms with van der Waals surface area (Å²) in [4.78, 5) is 13.7. The molecule has 0 unspecified atom stereocenters. The van der Waals surface area contributed by atoms with Gasteiger partial charge in [0.2, 0.25) is 5.12 Å². The highest BCUT2D eigenvalue weighted by Gasteiger charge is 2.17. The van der Waals surface area contributed by atoms with Gasteiger partial charge in [0.15, 0.2) is 0 Å². The molecule has 0 fully saturated rings. The van der Waals surface area contributed by atoms with E-state index < -0.39 is 0 Å². The van der Waals surface area contributed by atoms with Crippen molar-refractivity contribution < 1.29 is 4.79 Å². The van der Waals surface area contributed by atoms with E-state index in [4.69, 9.17) is 0 Å². The molecular formula is C21H16N2OS2. The molecule has 0 spiro atoms. The van der Waals surface area contributed by atoms with Crippen LogP contribution in [-0.2, 0) is 0 Å². The number of carbonyl (C=O) groups excluding carboxylic acids is 1. The third-order valence-electron chi connectivity index (χ3n) is 4.08. The highest BCUT2D eigenvalue weighted by Crippen LogP contribution is 2.35. The van der Waals surface area contributed by atoms with Gasteiger partial charge in [0.05, 0.1) is 10.4 Å². The SMILES string of the molecule is CSc1nn2ccccc2c1SC(=O)c1ccc(-c2ccccc2)cc1. The highest BCUT2D eigenvalue weighted by molar-refractivity contribution is 8.14. The maximum absolute atomic E-state index is 12.8. The minimum absolute atomic E-state index is 0.0265. The first-order valence-corrected chi connectivity index (χ1v) is 10.2. The molecule has 0 saturated carbocycles. The molecule has 0 bridgehead atoms. The molecule has 5 heteroatoms. The van der Waals surface area contributed by atoms with E-state index >= 15 is 0 Å². The number of nitrogens with zero attached hydrogens (tertiary/aromatic N) is 2. The Labute approximate surface area is 160 Å². The molecule has 0 aliphatic rings. The average molecular weight is 377 g/mol. The van der Waals surface area contributed by atoms with Gasteiger partial charge in [-0.1, -0.05) is 48.5 Å². The molecule has 0 saturated heterocycles. The molecule has 0 radical (unpaired) electrons. The normalized spacial score (nSPS) is 11.0. The zero-order valence-electron chi connectivity index (χ0n) is 14.1. The summed E-state index contributed by atoms with van der Waals surface area (Å²) in [6.45, 7) is 0. The van der Waals surface area contributed by atoms with Crippen molar-refractivity contribution in [2.75, 3.05) is 6.26 Å². The van der Waals surface area contributed by atoms with Crippen LogP contribution in [0.5, 0.6) is 0 Å². The molecule has 0 aliphatic heterocycles. The standard InChI is InChI=1S/C21H16N2OS2/c1-25-20-19(18-9-5-6-14-23(18)22-20)26-21(24)17-12-10-16(11-13-17)15-7-3-2-4-8-15/h2-14H,1H3. The number of thioether (sulfide) groups is 2. The third-order valence-corrected chi connectivity index (χ3v) is 5.91. The molecular weight excluding hydrogens is 360 g/mol. The summed E-state index contributed by atoms with van der Waals surface area (Å²) in [7, 11) is 0. The van der Waals surface area contributed by atoms with Crippen molar-refractivity contribution >= 4 is 34.2 Å². The van der Waals surface area contributed by atoms with Crippen molar-refractivity contribution in [2.45, 2.75) is 9.92 Å². The topological polar surface area (TPSA) is 34.4 Å². The number of aromatic nitrogens is 2. The van der Waals surface area contributed by atoms with Crippen LogP contribution in [0, 0.1) is 0 Å². The van der Waals surface area contributed by atoms with Crippen molar-refractivity contribution in [1.82, 2.24) is 9.61 Å². The van der Waals surface area contributed by atoms with Crippen molar-refractivity contribution in [2.24, 2.45) is 0 Å². The Balaban J connectivity index is 1.61. The van der Waals surface area contributed by atoms with Gasteiger partial charge in [0.1, 0.15) is 5.03 Å². The number of rotatable bonds is 4. The van der Waals surface area contributed by atoms with E-state index in [0.717, 1.165) is 26.6 Å². The molecule has 3 nitrogen and oxygen atoms in total. The van der Waals surface area contributed by atoms with Crippen LogP contribution in [0.4, 0.5) is 0 Å². The minimum atomic E-state index is 0.0265. The fraction of sp³-hybridized carbons (Fsp3) is 0.0476. The number of hydrogen-bond donors (Lipinski definition) is 0. The summed E-state index contributed by atoms with van der Waals surface area (Å²) in [6.07, 6.45) is 3.88. The molecule has 26 heavy (non-hydrogen) atoms. The predicted octanol–water partition coefficient (Wildman–Crippen LogP) is 5.66. The Kier molecular flexibility index (Phi) is 4.82. The largest absolute Gasteiger partial charge is 0.281 e. The predicted molar refractivity (Wildman–Crippen MR) is 109 cm³/mol. The molecule has 0 atom stereocenters.